The zero-order valence-electron chi connectivity index (χ0n) is 14.6. The van der Waals surface area contributed by atoms with Gasteiger partial charge in [0.15, 0.2) is 5.79 Å². The first-order chi connectivity index (χ1) is 10.6. The molecule has 0 saturated heterocycles. The lowest BCUT2D eigenvalue weighted by atomic mass is 10.0. The van der Waals surface area contributed by atoms with Crippen molar-refractivity contribution in [3.05, 3.63) is 34.6 Å². The Morgan fingerprint density at radius 3 is 2.13 bits per heavy atom. The van der Waals surface area contributed by atoms with Crippen molar-refractivity contribution in [2.24, 2.45) is 5.73 Å². The van der Waals surface area contributed by atoms with Crippen molar-refractivity contribution >= 4 is 11.6 Å². The quantitative estimate of drug-likeness (QED) is 0.726. The van der Waals surface area contributed by atoms with Gasteiger partial charge in [0.2, 0.25) is 0 Å². The third-order valence-corrected chi connectivity index (χ3v) is 4.25. The number of nitrogens with two attached hydrogens (primary N) is 1. The third-order valence-electron chi connectivity index (χ3n) is 4.02. The van der Waals surface area contributed by atoms with Crippen LogP contribution in [-0.2, 0) is 20.0 Å². The van der Waals surface area contributed by atoms with Gasteiger partial charge >= 0.3 is 0 Å². The summed E-state index contributed by atoms with van der Waals surface area (Å²) in [5, 5.41) is 0.312. The van der Waals surface area contributed by atoms with E-state index < -0.39 is 11.6 Å². The van der Waals surface area contributed by atoms with Crippen LogP contribution < -0.4 is 5.73 Å². The maximum atomic E-state index is 14.4. The minimum Gasteiger partial charge on any atom is -0.379 e. The number of ether oxygens (including phenoxy) is 3. The number of hydrogen-bond acceptors (Lipinski definition) is 4. The van der Waals surface area contributed by atoms with Crippen LogP contribution in [0.1, 0.15) is 40.2 Å². The van der Waals surface area contributed by atoms with Crippen LogP contribution in [0.5, 0.6) is 0 Å². The van der Waals surface area contributed by atoms with E-state index in [2.05, 4.69) is 0 Å². The van der Waals surface area contributed by atoms with Crippen molar-refractivity contribution in [3.63, 3.8) is 0 Å². The highest BCUT2D eigenvalue weighted by Crippen LogP contribution is 2.34. The molecule has 6 heteroatoms. The summed E-state index contributed by atoms with van der Waals surface area (Å²) in [6.07, 6.45) is -0.834. The fraction of sp³-hybridized carbons (Fsp3) is 0.647. The normalized spacial score (nSPS) is 19.7. The number of hydrogen-bond donors (Lipinski definition) is 1. The Morgan fingerprint density at radius 2 is 1.65 bits per heavy atom. The van der Waals surface area contributed by atoms with Crippen molar-refractivity contribution in [2.45, 2.75) is 64.8 Å². The Balaban J connectivity index is 3.19. The van der Waals surface area contributed by atoms with Gasteiger partial charge in [0, 0.05) is 23.7 Å². The zero-order valence-corrected chi connectivity index (χ0v) is 15.4. The lowest BCUT2D eigenvalue weighted by Gasteiger charge is -2.38. The summed E-state index contributed by atoms with van der Waals surface area (Å²) in [5.74, 6) is -1.80. The van der Waals surface area contributed by atoms with E-state index in [-0.39, 0.29) is 29.9 Å². The van der Waals surface area contributed by atoms with Gasteiger partial charge in [-0.25, -0.2) is 4.39 Å². The second-order valence-electron chi connectivity index (χ2n) is 6.02. The standard InChI is InChI=1S/C17H27ClFNO3/c1-10(20)11(2)22-17(5,23-13(4)12(3)21-6)15-8-7-14(18)9-16(15)19/h7-13H,20H2,1-6H3/t10-,11?,12?,13+,17?/m1/s1. The Hall–Kier alpha value is -0.720. The molecule has 1 rings (SSSR count). The number of methoxy groups -OCH3 is 1. The SMILES string of the molecule is COC(C)[C@H](C)OC(C)(OC(C)[C@@H](C)N)c1ccc(Cl)cc1F. The molecule has 0 aliphatic heterocycles. The Kier molecular flexibility index (Phi) is 7.42. The van der Waals surface area contributed by atoms with Crippen molar-refractivity contribution in [3.8, 4) is 0 Å². The molecule has 0 radical (unpaired) electrons. The van der Waals surface area contributed by atoms with Crippen LogP contribution in [0.2, 0.25) is 5.02 Å². The van der Waals surface area contributed by atoms with Crippen LogP contribution in [0, 0.1) is 5.82 Å². The van der Waals surface area contributed by atoms with Crippen molar-refractivity contribution in [2.75, 3.05) is 7.11 Å². The maximum Gasteiger partial charge on any atom is 0.195 e. The second-order valence-corrected chi connectivity index (χ2v) is 6.45. The van der Waals surface area contributed by atoms with Crippen LogP contribution in [0.15, 0.2) is 18.2 Å². The molecule has 0 spiro atoms. The predicted molar refractivity (Wildman–Crippen MR) is 90.0 cm³/mol. The molecule has 1 aromatic rings. The largest absolute Gasteiger partial charge is 0.379 e. The summed E-state index contributed by atoms with van der Waals surface area (Å²) in [4.78, 5) is 0. The Morgan fingerprint density at radius 1 is 1.09 bits per heavy atom. The molecule has 0 amide bonds. The predicted octanol–water partition coefficient (Wildman–Crippen LogP) is 3.84. The summed E-state index contributed by atoms with van der Waals surface area (Å²) in [6, 6.07) is 4.17. The first kappa shape index (κ1) is 20.3. The molecule has 0 aliphatic carbocycles. The topological polar surface area (TPSA) is 53.7 Å². The van der Waals surface area contributed by atoms with E-state index in [9.17, 15) is 4.39 Å². The molecule has 0 bridgehead atoms. The van der Waals surface area contributed by atoms with Crippen LogP contribution in [0.25, 0.3) is 0 Å². The van der Waals surface area contributed by atoms with Gasteiger partial charge in [0.05, 0.1) is 18.3 Å². The van der Waals surface area contributed by atoms with E-state index in [1.165, 1.54) is 6.07 Å². The van der Waals surface area contributed by atoms with Gasteiger partial charge in [-0.15, -0.1) is 0 Å². The number of halogens is 2. The van der Waals surface area contributed by atoms with E-state index in [1.54, 1.807) is 26.2 Å². The summed E-state index contributed by atoms with van der Waals surface area (Å²) in [5.41, 5.74) is 6.15. The van der Waals surface area contributed by atoms with Gasteiger partial charge in [-0.1, -0.05) is 11.6 Å². The van der Waals surface area contributed by atoms with Crippen LogP contribution in [0.3, 0.4) is 0 Å². The van der Waals surface area contributed by atoms with Gasteiger partial charge in [0.1, 0.15) is 5.82 Å². The van der Waals surface area contributed by atoms with Crippen molar-refractivity contribution < 1.29 is 18.6 Å². The summed E-state index contributed by atoms with van der Waals surface area (Å²) < 4.78 is 31.7. The molecule has 4 nitrogen and oxygen atoms in total. The highest BCUT2D eigenvalue weighted by atomic mass is 35.5. The Bertz CT molecular complexity index is 515. The fourth-order valence-electron chi connectivity index (χ4n) is 2.12. The first-order valence-electron chi connectivity index (χ1n) is 7.70. The van der Waals surface area contributed by atoms with Gasteiger partial charge < -0.3 is 19.9 Å². The van der Waals surface area contributed by atoms with E-state index in [1.807, 2.05) is 27.7 Å². The number of benzene rings is 1. The van der Waals surface area contributed by atoms with Crippen molar-refractivity contribution in [1.29, 1.82) is 0 Å². The van der Waals surface area contributed by atoms with Crippen LogP contribution in [0.4, 0.5) is 4.39 Å². The molecule has 2 N–H and O–H groups in total. The summed E-state index contributed by atoms with van der Waals surface area (Å²) >= 11 is 5.84. The molecule has 23 heavy (non-hydrogen) atoms. The molecular weight excluding hydrogens is 321 g/mol. The smallest absolute Gasteiger partial charge is 0.195 e. The summed E-state index contributed by atoms with van der Waals surface area (Å²) in [6.45, 7) is 9.05. The van der Waals surface area contributed by atoms with Crippen molar-refractivity contribution in [1.82, 2.24) is 0 Å². The van der Waals surface area contributed by atoms with Crippen LogP contribution >= 0.6 is 11.6 Å². The lowest BCUT2D eigenvalue weighted by Crippen LogP contribution is -2.44. The minimum atomic E-state index is -1.31. The molecule has 0 aliphatic rings. The molecule has 0 fully saturated rings. The van der Waals surface area contributed by atoms with E-state index in [0.29, 0.717) is 5.02 Å². The van der Waals surface area contributed by atoms with E-state index in [0.717, 1.165) is 0 Å². The highest BCUT2D eigenvalue weighted by Gasteiger charge is 2.37. The molecule has 0 aromatic heterocycles. The van der Waals surface area contributed by atoms with Gasteiger partial charge in [-0.3, -0.25) is 0 Å². The maximum absolute atomic E-state index is 14.4. The Labute approximate surface area is 143 Å². The molecule has 132 valence electrons. The van der Waals surface area contributed by atoms with E-state index >= 15 is 0 Å². The molecule has 0 saturated carbocycles. The minimum absolute atomic E-state index is 0.182. The molecule has 0 heterocycles. The van der Waals surface area contributed by atoms with E-state index in [4.69, 9.17) is 31.5 Å². The van der Waals surface area contributed by atoms with Gasteiger partial charge in [0.25, 0.3) is 0 Å². The average molecular weight is 348 g/mol. The first-order valence-corrected chi connectivity index (χ1v) is 8.08. The second kappa shape index (κ2) is 8.40. The average Bonchev–Trinajstić information content (AvgIpc) is 2.45. The fourth-order valence-corrected chi connectivity index (χ4v) is 2.28. The molecular formula is C17H27ClFNO3. The third kappa shape index (κ3) is 5.40. The summed E-state index contributed by atoms with van der Waals surface area (Å²) in [7, 11) is 1.59. The lowest BCUT2D eigenvalue weighted by molar-refractivity contribution is -0.287. The molecule has 5 atom stereocenters. The highest BCUT2D eigenvalue weighted by molar-refractivity contribution is 6.30. The van der Waals surface area contributed by atoms with Crippen LogP contribution in [-0.4, -0.2) is 31.5 Å². The zero-order chi connectivity index (χ0) is 17.8. The van der Waals surface area contributed by atoms with Gasteiger partial charge in [-0.05, 0) is 52.8 Å². The number of rotatable bonds is 8. The van der Waals surface area contributed by atoms with Gasteiger partial charge in [-0.2, -0.15) is 0 Å². The monoisotopic (exact) mass is 347 g/mol. The molecule has 1 aromatic carbocycles. The molecule has 3 unspecified atom stereocenters.